The molecule has 0 saturated carbocycles. The van der Waals surface area contributed by atoms with Crippen LogP contribution in [0.1, 0.15) is 31.1 Å². The molecule has 1 aliphatic rings. The van der Waals surface area contributed by atoms with Crippen LogP contribution in [0.25, 0.3) is 11.0 Å². The number of hydrogen-bond acceptors (Lipinski definition) is 5. The first-order valence-electron chi connectivity index (χ1n) is 9.73. The molecule has 7 heteroatoms. The van der Waals surface area contributed by atoms with E-state index in [1.54, 1.807) is 47.4 Å². The van der Waals surface area contributed by atoms with Gasteiger partial charge in [-0.25, -0.2) is 4.79 Å². The van der Waals surface area contributed by atoms with Gasteiger partial charge in [-0.05, 0) is 45.0 Å². The van der Waals surface area contributed by atoms with E-state index in [0.717, 1.165) is 0 Å². The van der Waals surface area contributed by atoms with Crippen molar-refractivity contribution in [3.63, 3.8) is 0 Å². The number of rotatable bonds is 3. The highest BCUT2D eigenvalue weighted by Crippen LogP contribution is 2.38. The van der Waals surface area contributed by atoms with Crippen molar-refractivity contribution < 1.29 is 18.7 Å². The zero-order valence-corrected chi connectivity index (χ0v) is 17.0. The van der Waals surface area contributed by atoms with Gasteiger partial charge in [-0.1, -0.05) is 18.2 Å². The summed E-state index contributed by atoms with van der Waals surface area (Å²) in [7, 11) is 0. The van der Waals surface area contributed by atoms with Crippen LogP contribution in [0.4, 0.5) is 11.4 Å². The molecule has 0 aliphatic carbocycles. The topological polar surface area (TPSA) is 88.8 Å². The summed E-state index contributed by atoms with van der Waals surface area (Å²) < 4.78 is 11.1. The molecule has 1 aliphatic heterocycles. The van der Waals surface area contributed by atoms with Gasteiger partial charge in [-0.15, -0.1) is 0 Å². The summed E-state index contributed by atoms with van der Waals surface area (Å²) in [5, 5.41) is 3.38. The number of nitrogens with one attached hydrogen (secondary N) is 1. The number of para-hydroxylation sites is 1. The Balaban J connectivity index is 1.65. The van der Waals surface area contributed by atoms with Crippen LogP contribution in [-0.2, 0) is 4.79 Å². The average Bonchev–Trinajstić information content (AvgIpc) is 2.81. The van der Waals surface area contributed by atoms with Crippen molar-refractivity contribution >= 4 is 34.2 Å². The lowest BCUT2D eigenvalue weighted by Crippen LogP contribution is -2.42. The van der Waals surface area contributed by atoms with Gasteiger partial charge in [-0.3, -0.25) is 9.59 Å². The smallest absolute Gasteiger partial charge is 0.349 e. The highest BCUT2D eigenvalue weighted by molar-refractivity contribution is 6.06. The number of fused-ring (bicyclic) bond motifs is 2. The predicted molar refractivity (Wildman–Crippen MR) is 114 cm³/mol. The second kappa shape index (κ2) is 7.33. The van der Waals surface area contributed by atoms with E-state index in [2.05, 4.69) is 5.32 Å². The molecule has 0 fully saturated rings. The molecule has 1 N–H and O–H groups in total. The Bertz CT molecular complexity index is 1210. The van der Waals surface area contributed by atoms with Crippen molar-refractivity contribution in [3.8, 4) is 5.75 Å². The first-order valence-corrected chi connectivity index (χ1v) is 9.73. The number of hydrogen-bond donors (Lipinski definition) is 1. The van der Waals surface area contributed by atoms with E-state index in [1.807, 2.05) is 20.8 Å². The van der Waals surface area contributed by atoms with Crippen LogP contribution in [0, 0.1) is 5.41 Å². The second-order valence-electron chi connectivity index (χ2n) is 7.84. The average molecular weight is 406 g/mol. The maximum absolute atomic E-state index is 12.8. The van der Waals surface area contributed by atoms with E-state index >= 15 is 0 Å². The number of nitrogens with zero attached hydrogens (tertiary/aromatic N) is 1. The van der Waals surface area contributed by atoms with Gasteiger partial charge in [0.1, 0.15) is 23.5 Å². The van der Waals surface area contributed by atoms with Crippen LogP contribution in [0.5, 0.6) is 5.75 Å². The van der Waals surface area contributed by atoms with Gasteiger partial charge < -0.3 is 19.4 Å². The molecule has 0 bridgehead atoms. The zero-order valence-electron chi connectivity index (χ0n) is 17.0. The van der Waals surface area contributed by atoms with Crippen LogP contribution < -0.4 is 20.6 Å². The molecule has 0 radical (unpaired) electrons. The minimum Gasteiger partial charge on any atom is -0.490 e. The first kappa shape index (κ1) is 19.7. The van der Waals surface area contributed by atoms with Crippen LogP contribution in [0.2, 0.25) is 0 Å². The van der Waals surface area contributed by atoms with E-state index in [1.165, 1.54) is 6.07 Å². The number of anilines is 2. The number of carbonyl (C=O) groups is 2. The van der Waals surface area contributed by atoms with Gasteiger partial charge in [0.25, 0.3) is 5.91 Å². The zero-order chi connectivity index (χ0) is 21.5. The van der Waals surface area contributed by atoms with Crippen LogP contribution >= 0.6 is 0 Å². The van der Waals surface area contributed by atoms with Crippen molar-refractivity contribution in [2.24, 2.45) is 5.41 Å². The summed E-state index contributed by atoms with van der Waals surface area (Å²) in [6, 6.07) is 13.6. The summed E-state index contributed by atoms with van der Waals surface area (Å²) >= 11 is 0. The van der Waals surface area contributed by atoms with Crippen LogP contribution in [-0.4, -0.2) is 25.0 Å². The molecule has 0 spiro atoms. The van der Waals surface area contributed by atoms with Crippen molar-refractivity contribution in [1.29, 1.82) is 0 Å². The third kappa shape index (κ3) is 3.43. The van der Waals surface area contributed by atoms with Crippen molar-refractivity contribution in [2.75, 3.05) is 23.4 Å². The Labute approximate surface area is 173 Å². The van der Waals surface area contributed by atoms with Gasteiger partial charge in [0, 0.05) is 23.7 Å². The third-order valence-corrected chi connectivity index (χ3v) is 5.12. The summed E-state index contributed by atoms with van der Waals surface area (Å²) in [5.41, 5.74) is 0.0654. The van der Waals surface area contributed by atoms with E-state index < -0.39 is 16.9 Å². The fraction of sp³-hybridized carbons (Fsp3) is 0.261. The van der Waals surface area contributed by atoms with Crippen molar-refractivity contribution in [2.45, 2.75) is 20.8 Å². The van der Waals surface area contributed by atoms with Crippen molar-refractivity contribution in [3.05, 3.63) is 64.5 Å². The Morgan fingerprint density at radius 2 is 1.90 bits per heavy atom. The predicted octanol–water partition coefficient (Wildman–Crippen LogP) is 3.82. The molecule has 7 nitrogen and oxygen atoms in total. The van der Waals surface area contributed by atoms with Gasteiger partial charge >= 0.3 is 5.63 Å². The molecule has 2 heterocycles. The Morgan fingerprint density at radius 1 is 1.13 bits per heavy atom. The molecule has 2 aromatic carbocycles. The molecule has 4 rings (SSSR count). The number of ether oxygens (including phenoxy) is 1. The summed E-state index contributed by atoms with van der Waals surface area (Å²) in [6.07, 6.45) is 0. The van der Waals surface area contributed by atoms with E-state index in [-0.39, 0.29) is 18.1 Å². The lowest BCUT2D eigenvalue weighted by atomic mass is 9.93. The van der Waals surface area contributed by atoms with Gasteiger partial charge in [-0.2, -0.15) is 0 Å². The molecular weight excluding hydrogens is 384 g/mol. The number of benzene rings is 2. The summed E-state index contributed by atoms with van der Waals surface area (Å²) in [6.45, 7) is 6.30. The number of amides is 2. The van der Waals surface area contributed by atoms with E-state index in [0.29, 0.717) is 34.6 Å². The molecule has 0 saturated heterocycles. The quantitative estimate of drug-likeness (QED) is 0.668. The lowest BCUT2D eigenvalue weighted by Gasteiger charge is -2.26. The molecule has 30 heavy (non-hydrogen) atoms. The van der Waals surface area contributed by atoms with Crippen LogP contribution in [0.3, 0.4) is 0 Å². The second-order valence-corrected chi connectivity index (χ2v) is 7.84. The monoisotopic (exact) mass is 406 g/mol. The minimum absolute atomic E-state index is 0.0192. The van der Waals surface area contributed by atoms with E-state index in [9.17, 15) is 14.4 Å². The van der Waals surface area contributed by atoms with Gasteiger partial charge in [0.15, 0.2) is 0 Å². The SMILES string of the molecule is CCN1C(=O)C(C)(C)COc2cc(NC(=O)c3cc4ccccc4oc3=O)ccc21. The maximum atomic E-state index is 12.8. The molecule has 3 aromatic rings. The number of carbonyl (C=O) groups excluding carboxylic acids is 2. The molecule has 0 unspecified atom stereocenters. The highest BCUT2D eigenvalue weighted by atomic mass is 16.5. The summed E-state index contributed by atoms with van der Waals surface area (Å²) in [4.78, 5) is 39.4. The Morgan fingerprint density at radius 3 is 2.67 bits per heavy atom. The molecular formula is C23H22N2O5. The molecule has 0 atom stereocenters. The normalized spacial score (nSPS) is 15.3. The molecule has 154 valence electrons. The molecule has 2 amide bonds. The van der Waals surface area contributed by atoms with E-state index in [4.69, 9.17) is 9.15 Å². The Hall–Kier alpha value is -3.61. The van der Waals surface area contributed by atoms with Crippen molar-refractivity contribution in [1.82, 2.24) is 0 Å². The standard InChI is InChI=1S/C23H22N2O5/c1-4-25-17-10-9-15(12-19(17)29-13-23(2,3)22(25)28)24-20(26)16-11-14-7-5-6-8-18(14)30-21(16)27/h5-12H,4,13H2,1-3H3,(H,24,26). The minimum atomic E-state index is -0.707. The first-order chi connectivity index (χ1) is 14.3. The Kier molecular flexibility index (Phi) is 4.81. The third-order valence-electron chi connectivity index (χ3n) is 5.12. The highest BCUT2D eigenvalue weighted by Gasteiger charge is 2.37. The fourth-order valence-corrected chi connectivity index (χ4v) is 3.46. The maximum Gasteiger partial charge on any atom is 0.349 e. The largest absolute Gasteiger partial charge is 0.490 e. The van der Waals surface area contributed by atoms with Crippen LogP contribution in [0.15, 0.2) is 57.7 Å². The lowest BCUT2D eigenvalue weighted by molar-refractivity contribution is -0.127. The fourth-order valence-electron chi connectivity index (χ4n) is 3.46. The van der Waals surface area contributed by atoms with Gasteiger partial charge in [0.05, 0.1) is 11.1 Å². The molecule has 1 aromatic heterocycles. The summed E-state index contributed by atoms with van der Waals surface area (Å²) in [5.74, 6) is -0.0970. The van der Waals surface area contributed by atoms with Gasteiger partial charge in [0.2, 0.25) is 5.91 Å².